The lowest BCUT2D eigenvalue weighted by atomic mass is 10.2. The van der Waals surface area contributed by atoms with Crippen molar-refractivity contribution in [3.63, 3.8) is 0 Å². The molecule has 0 spiro atoms. The van der Waals surface area contributed by atoms with Gasteiger partial charge in [0.05, 0.1) is 6.54 Å². The average molecular weight is 255 g/mol. The molecular formula is C11H10FNO3S. The van der Waals surface area contributed by atoms with Gasteiger partial charge in [-0.1, -0.05) is 12.1 Å². The van der Waals surface area contributed by atoms with Crippen LogP contribution in [0.5, 0.6) is 0 Å². The van der Waals surface area contributed by atoms with Crippen LogP contribution in [-0.2, 0) is 26.9 Å². The number of carbonyl (C=O) groups is 2. The van der Waals surface area contributed by atoms with Crippen LogP contribution >= 0.6 is 0 Å². The normalized spacial score (nSPS) is 17.6. The lowest BCUT2D eigenvalue weighted by Gasteiger charge is -2.24. The second kappa shape index (κ2) is 4.75. The second-order valence-corrected chi connectivity index (χ2v) is 5.19. The van der Waals surface area contributed by atoms with Gasteiger partial charge in [0.1, 0.15) is 17.3 Å². The Morgan fingerprint density at radius 1 is 1.12 bits per heavy atom. The first-order valence-corrected chi connectivity index (χ1v) is 6.47. The fraction of sp³-hybridized carbons (Fsp3) is 0.273. The molecule has 0 aliphatic carbocycles. The van der Waals surface area contributed by atoms with E-state index >= 15 is 0 Å². The van der Waals surface area contributed by atoms with Gasteiger partial charge in [-0.15, -0.1) is 0 Å². The SMILES string of the molecule is O=C1CS(=O)CC(=O)N1Cc1ccc(F)cc1. The molecule has 0 radical (unpaired) electrons. The molecule has 1 aliphatic heterocycles. The minimum atomic E-state index is -1.38. The molecule has 0 bridgehead atoms. The van der Waals surface area contributed by atoms with E-state index in [1.165, 1.54) is 24.3 Å². The van der Waals surface area contributed by atoms with Crippen molar-refractivity contribution >= 4 is 22.6 Å². The summed E-state index contributed by atoms with van der Waals surface area (Å²) < 4.78 is 23.8. The summed E-state index contributed by atoms with van der Waals surface area (Å²) in [7, 11) is -1.38. The van der Waals surface area contributed by atoms with E-state index in [9.17, 15) is 18.2 Å². The smallest absolute Gasteiger partial charge is 0.242 e. The van der Waals surface area contributed by atoms with E-state index in [4.69, 9.17) is 0 Å². The third kappa shape index (κ3) is 2.76. The quantitative estimate of drug-likeness (QED) is 0.721. The molecule has 6 heteroatoms. The highest BCUT2D eigenvalue weighted by Crippen LogP contribution is 2.11. The van der Waals surface area contributed by atoms with E-state index in [1.54, 1.807) is 0 Å². The number of amides is 2. The molecule has 1 saturated heterocycles. The van der Waals surface area contributed by atoms with Crippen molar-refractivity contribution in [1.29, 1.82) is 0 Å². The van der Waals surface area contributed by atoms with Gasteiger partial charge in [-0.25, -0.2) is 4.39 Å². The Balaban J connectivity index is 2.12. The molecule has 2 amide bonds. The first-order chi connectivity index (χ1) is 8.06. The molecule has 0 saturated carbocycles. The summed E-state index contributed by atoms with van der Waals surface area (Å²) in [5.74, 6) is -1.49. The summed E-state index contributed by atoms with van der Waals surface area (Å²) in [6.07, 6.45) is 0. The number of hydrogen-bond donors (Lipinski definition) is 0. The minimum Gasteiger partial charge on any atom is -0.277 e. The Labute approximate surface area is 99.9 Å². The number of imide groups is 1. The number of benzene rings is 1. The van der Waals surface area contributed by atoms with Crippen LogP contribution < -0.4 is 0 Å². The monoisotopic (exact) mass is 255 g/mol. The van der Waals surface area contributed by atoms with Crippen molar-refractivity contribution in [2.24, 2.45) is 0 Å². The Hall–Kier alpha value is -1.56. The van der Waals surface area contributed by atoms with Crippen LogP contribution in [0.25, 0.3) is 0 Å². The zero-order valence-electron chi connectivity index (χ0n) is 8.89. The maximum atomic E-state index is 12.7. The standard InChI is InChI=1S/C11H10FNO3S/c12-9-3-1-8(2-4-9)5-13-10(14)6-17(16)7-11(13)15/h1-4H,5-7H2. The molecule has 17 heavy (non-hydrogen) atoms. The number of carbonyl (C=O) groups excluding carboxylic acids is 2. The molecule has 90 valence electrons. The fourth-order valence-corrected chi connectivity index (χ4v) is 2.53. The topological polar surface area (TPSA) is 54.5 Å². The van der Waals surface area contributed by atoms with Crippen molar-refractivity contribution in [1.82, 2.24) is 4.90 Å². The molecule has 0 atom stereocenters. The van der Waals surface area contributed by atoms with Gasteiger partial charge in [-0.2, -0.15) is 0 Å². The van der Waals surface area contributed by atoms with Crippen LogP contribution in [0, 0.1) is 5.82 Å². The van der Waals surface area contributed by atoms with Crippen LogP contribution in [0.4, 0.5) is 4.39 Å². The van der Waals surface area contributed by atoms with Gasteiger partial charge >= 0.3 is 0 Å². The first kappa shape index (κ1) is 11.9. The zero-order valence-corrected chi connectivity index (χ0v) is 9.71. The Morgan fingerprint density at radius 2 is 1.65 bits per heavy atom. The van der Waals surface area contributed by atoms with E-state index in [-0.39, 0.29) is 23.9 Å². The molecule has 2 rings (SSSR count). The van der Waals surface area contributed by atoms with Gasteiger partial charge in [0.25, 0.3) is 0 Å². The zero-order chi connectivity index (χ0) is 12.4. The van der Waals surface area contributed by atoms with E-state index < -0.39 is 22.6 Å². The third-order valence-corrected chi connectivity index (χ3v) is 3.56. The van der Waals surface area contributed by atoms with Crippen molar-refractivity contribution < 1.29 is 18.2 Å². The van der Waals surface area contributed by atoms with Gasteiger partial charge in [-0.05, 0) is 17.7 Å². The number of rotatable bonds is 2. The van der Waals surface area contributed by atoms with Gasteiger partial charge < -0.3 is 0 Å². The van der Waals surface area contributed by atoms with Crippen LogP contribution in [0.3, 0.4) is 0 Å². The Morgan fingerprint density at radius 3 is 2.18 bits per heavy atom. The predicted molar refractivity (Wildman–Crippen MR) is 59.8 cm³/mol. The average Bonchev–Trinajstić information content (AvgIpc) is 2.26. The lowest BCUT2D eigenvalue weighted by molar-refractivity contribution is -0.143. The molecule has 0 N–H and O–H groups in total. The van der Waals surface area contributed by atoms with E-state index in [1.807, 2.05) is 0 Å². The maximum Gasteiger partial charge on any atom is 0.242 e. The summed E-state index contributed by atoms with van der Waals surface area (Å²) in [6.45, 7) is 0.106. The van der Waals surface area contributed by atoms with Crippen LogP contribution in [0.1, 0.15) is 5.56 Å². The van der Waals surface area contributed by atoms with E-state index in [0.717, 1.165) is 4.90 Å². The molecule has 4 nitrogen and oxygen atoms in total. The van der Waals surface area contributed by atoms with Crippen molar-refractivity contribution in [3.05, 3.63) is 35.6 Å². The van der Waals surface area contributed by atoms with Gasteiger partial charge in [0.2, 0.25) is 11.8 Å². The lowest BCUT2D eigenvalue weighted by Crippen LogP contribution is -2.46. The summed E-state index contributed by atoms with van der Waals surface area (Å²) >= 11 is 0. The number of hydrogen-bond acceptors (Lipinski definition) is 3. The third-order valence-electron chi connectivity index (χ3n) is 2.42. The molecule has 1 aromatic carbocycles. The summed E-state index contributed by atoms with van der Waals surface area (Å²) in [6, 6.07) is 5.57. The summed E-state index contributed by atoms with van der Waals surface area (Å²) in [5, 5.41) is 0. The molecule has 1 aliphatic rings. The summed E-state index contributed by atoms with van der Waals surface area (Å²) in [5.41, 5.74) is 0.667. The molecule has 1 fully saturated rings. The Kier molecular flexibility index (Phi) is 3.33. The van der Waals surface area contributed by atoms with Gasteiger partial charge in [-0.3, -0.25) is 18.7 Å². The van der Waals surface area contributed by atoms with Crippen molar-refractivity contribution in [3.8, 4) is 0 Å². The molecule has 1 aromatic rings. The van der Waals surface area contributed by atoms with Gasteiger partial charge in [0, 0.05) is 10.8 Å². The molecule has 0 aromatic heterocycles. The highest BCUT2D eigenvalue weighted by molar-refractivity contribution is 7.86. The summed E-state index contributed by atoms with van der Waals surface area (Å²) in [4.78, 5) is 24.1. The van der Waals surface area contributed by atoms with Crippen molar-refractivity contribution in [2.75, 3.05) is 11.5 Å². The van der Waals surface area contributed by atoms with Crippen LogP contribution in [-0.4, -0.2) is 32.4 Å². The largest absolute Gasteiger partial charge is 0.277 e. The fourth-order valence-electron chi connectivity index (χ4n) is 1.57. The van der Waals surface area contributed by atoms with Crippen LogP contribution in [0.15, 0.2) is 24.3 Å². The van der Waals surface area contributed by atoms with Gasteiger partial charge in [0.15, 0.2) is 0 Å². The van der Waals surface area contributed by atoms with E-state index in [2.05, 4.69) is 0 Å². The van der Waals surface area contributed by atoms with Crippen LogP contribution in [0.2, 0.25) is 0 Å². The number of halogens is 1. The highest BCUT2D eigenvalue weighted by Gasteiger charge is 2.30. The second-order valence-electron chi connectivity index (χ2n) is 3.73. The molecule has 1 heterocycles. The molecule has 0 unspecified atom stereocenters. The molecular weight excluding hydrogens is 245 g/mol. The Bertz CT molecular complexity index is 466. The minimum absolute atomic E-state index is 0.106. The maximum absolute atomic E-state index is 12.7. The highest BCUT2D eigenvalue weighted by atomic mass is 32.2. The van der Waals surface area contributed by atoms with E-state index in [0.29, 0.717) is 5.56 Å². The van der Waals surface area contributed by atoms with Crippen molar-refractivity contribution in [2.45, 2.75) is 6.54 Å². The number of nitrogens with zero attached hydrogens (tertiary/aromatic N) is 1. The predicted octanol–water partition coefficient (Wildman–Crippen LogP) is 0.443. The first-order valence-electron chi connectivity index (χ1n) is 4.99.